The molecular formula is C18H18FNO2. The molecule has 0 aliphatic heterocycles. The fourth-order valence-electron chi connectivity index (χ4n) is 2.74. The average Bonchev–Trinajstić information content (AvgIpc) is 3.36. The molecule has 4 heteroatoms. The molecule has 1 amide bonds. The first-order chi connectivity index (χ1) is 10.7. The number of hydrogen-bond acceptors (Lipinski definition) is 2. The van der Waals surface area contributed by atoms with Crippen molar-refractivity contribution in [3.8, 4) is 0 Å². The van der Waals surface area contributed by atoms with E-state index in [1.807, 2.05) is 30.3 Å². The summed E-state index contributed by atoms with van der Waals surface area (Å²) in [5.74, 6) is -0.422. The van der Waals surface area contributed by atoms with E-state index in [1.165, 1.54) is 6.07 Å². The van der Waals surface area contributed by atoms with Crippen molar-refractivity contribution in [1.82, 2.24) is 5.32 Å². The quantitative estimate of drug-likeness (QED) is 0.892. The van der Waals surface area contributed by atoms with Crippen LogP contribution in [-0.4, -0.2) is 11.0 Å². The van der Waals surface area contributed by atoms with Gasteiger partial charge in [-0.05, 0) is 36.1 Å². The number of hydrogen-bond donors (Lipinski definition) is 2. The molecule has 0 heterocycles. The summed E-state index contributed by atoms with van der Waals surface area (Å²) < 4.78 is 13.3. The first kappa shape index (κ1) is 14.7. The fraction of sp³-hybridized carbons (Fsp3) is 0.278. The van der Waals surface area contributed by atoms with Gasteiger partial charge >= 0.3 is 0 Å². The highest BCUT2D eigenvalue weighted by atomic mass is 19.1. The monoisotopic (exact) mass is 299 g/mol. The number of carbonyl (C=O) groups is 1. The van der Waals surface area contributed by atoms with Gasteiger partial charge in [-0.25, -0.2) is 4.39 Å². The molecule has 2 aromatic rings. The lowest BCUT2D eigenvalue weighted by Gasteiger charge is -2.16. The van der Waals surface area contributed by atoms with Crippen molar-refractivity contribution >= 4 is 5.91 Å². The van der Waals surface area contributed by atoms with Crippen molar-refractivity contribution in [2.45, 2.75) is 31.4 Å². The van der Waals surface area contributed by atoms with E-state index in [2.05, 4.69) is 5.32 Å². The van der Waals surface area contributed by atoms with E-state index in [4.69, 9.17) is 5.11 Å². The number of aliphatic hydroxyl groups is 1. The molecule has 0 spiro atoms. The lowest BCUT2D eigenvalue weighted by Crippen LogP contribution is -2.34. The molecule has 0 bridgehead atoms. The van der Waals surface area contributed by atoms with Crippen LogP contribution in [0.25, 0.3) is 0 Å². The maximum Gasteiger partial charge on any atom is 0.230 e. The Labute approximate surface area is 128 Å². The molecule has 1 aliphatic rings. The van der Waals surface area contributed by atoms with Crippen LogP contribution >= 0.6 is 0 Å². The standard InChI is InChI=1S/C18H18FNO2/c19-16-7-6-13(10-14(16)12-21)11-20-17(22)18(8-9-18)15-4-2-1-3-5-15/h1-7,10,21H,8-9,11-12H2,(H,20,22). The Morgan fingerprint density at radius 2 is 1.91 bits per heavy atom. The second kappa shape index (κ2) is 5.89. The van der Waals surface area contributed by atoms with Gasteiger partial charge in [0, 0.05) is 12.1 Å². The Balaban J connectivity index is 1.68. The third-order valence-electron chi connectivity index (χ3n) is 4.24. The van der Waals surface area contributed by atoms with Crippen molar-refractivity contribution in [2.75, 3.05) is 0 Å². The second-order valence-electron chi connectivity index (χ2n) is 5.71. The molecule has 3 rings (SSSR count). The maximum absolute atomic E-state index is 13.3. The number of aliphatic hydroxyl groups excluding tert-OH is 1. The first-order valence-corrected chi connectivity index (χ1v) is 7.38. The van der Waals surface area contributed by atoms with Crippen molar-refractivity contribution in [3.05, 3.63) is 71.0 Å². The number of nitrogens with one attached hydrogen (secondary N) is 1. The summed E-state index contributed by atoms with van der Waals surface area (Å²) in [7, 11) is 0. The Kier molecular flexibility index (Phi) is 3.94. The number of halogens is 1. The van der Waals surface area contributed by atoms with Crippen LogP contribution in [0.2, 0.25) is 0 Å². The Morgan fingerprint density at radius 1 is 1.18 bits per heavy atom. The zero-order valence-electron chi connectivity index (χ0n) is 12.2. The van der Waals surface area contributed by atoms with Gasteiger partial charge in [0.2, 0.25) is 5.91 Å². The Hall–Kier alpha value is -2.20. The molecule has 0 unspecified atom stereocenters. The number of benzene rings is 2. The first-order valence-electron chi connectivity index (χ1n) is 7.38. The summed E-state index contributed by atoms with van der Waals surface area (Å²) in [5, 5.41) is 12.0. The largest absolute Gasteiger partial charge is 0.392 e. The van der Waals surface area contributed by atoms with Gasteiger partial charge in [0.05, 0.1) is 12.0 Å². The summed E-state index contributed by atoms with van der Waals surface area (Å²) in [4.78, 5) is 12.5. The molecule has 0 radical (unpaired) electrons. The van der Waals surface area contributed by atoms with E-state index in [1.54, 1.807) is 12.1 Å². The van der Waals surface area contributed by atoms with Gasteiger partial charge < -0.3 is 10.4 Å². The van der Waals surface area contributed by atoms with Crippen LogP contribution in [-0.2, 0) is 23.4 Å². The van der Waals surface area contributed by atoms with E-state index in [-0.39, 0.29) is 18.1 Å². The summed E-state index contributed by atoms with van der Waals surface area (Å²) in [5.41, 5.74) is 1.67. The zero-order chi connectivity index (χ0) is 15.6. The molecule has 114 valence electrons. The normalized spacial score (nSPS) is 15.4. The minimum absolute atomic E-state index is 0.00794. The third kappa shape index (κ3) is 2.74. The average molecular weight is 299 g/mol. The van der Waals surface area contributed by atoms with Crippen LogP contribution in [0.15, 0.2) is 48.5 Å². The Bertz CT molecular complexity index is 681. The van der Waals surface area contributed by atoms with Crippen LogP contribution in [0.5, 0.6) is 0 Å². The summed E-state index contributed by atoms with van der Waals surface area (Å²) >= 11 is 0. The third-order valence-corrected chi connectivity index (χ3v) is 4.24. The van der Waals surface area contributed by atoms with Crippen LogP contribution in [0, 0.1) is 5.82 Å². The summed E-state index contributed by atoms with van der Waals surface area (Å²) in [6.07, 6.45) is 1.71. The molecule has 1 saturated carbocycles. The lowest BCUT2D eigenvalue weighted by molar-refractivity contribution is -0.123. The van der Waals surface area contributed by atoms with Gasteiger partial charge in [0.15, 0.2) is 0 Å². The van der Waals surface area contributed by atoms with Crippen molar-refractivity contribution < 1.29 is 14.3 Å². The molecule has 2 N–H and O–H groups in total. The van der Waals surface area contributed by atoms with Crippen LogP contribution in [0.3, 0.4) is 0 Å². The van der Waals surface area contributed by atoms with Gasteiger partial charge in [-0.3, -0.25) is 4.79 Å². The molecule has 1 fully saturated rings. The smallest absolute Gasteiger partial charge is 0.230 e. The van der Waals surface area contributed by atoms with Crippen LogP contribution in [0.1, 0.15) is 29.5 Å². The highest BCUT2D eigenvalue weighted by molar-refractivity contribution is 5.91. The van der Waals surface area contributed by atoms with Gasteiger partial charge in [-0.2, -0.15) is 0 Å². The van der Waals surface area contributed by atoms with Crippen molar-refractivity contribution in [1.29, 1.82) is 0 Å². The lowest BCUT2D eigenvalue weighted by atomic mass is 9.95. The predicted molar refractivity (Wildman–Crippen MR) is 81.5 cm³/mol. The van der Waals surface area contributed by atoms with Crippen LogP contribution in [0.4, 0.5) is 4.39 Å². The highest BCUT2D eigenvalue weighted by Gasteiger charge is 2.50. The SMILES string of the molecule is O=C(NCc1ccc(F)c(CO)c1)C1(c2ccccc2)CC1. The maximum atomic E-state index is 13.3. The highest BCUT2D eigenvalue weighted by Crippen LogP contribution is 2.48. The van der Waals surface area contributed by atoms with E-state index in [9.17, 15) is 9.18 Å². The summed E-state index contributed by atoms with van der Waals surface area (Å²) in [6.45, 7) is -0.0116. The topological polar surface area (TPSA) is 49.3 Å². The number of rotatable bonds is 5. The van der Waals surface area contributed by atoms with Crippen LogP contribution < -0.4 is 5.32 Å². The van der Waals surface area contributed by atoms with Crippen molar-refractivity contribution in [2.24, 2.45) is 0 Å². The molecule has 0 saturated heterocycles. The fourth-order valence-corrected chi connectivity index (χ4v) is 2.74. The molecule has 0 aromatic heterocycles. The predicted octanol–water partition coefficient (Wildman–Crippen LogP) is 2.67. The van der Waals surface area contributed by atoms with E-state index in [0.717, 1.165) is 24.0 Å². The van der Waals surface area contributed by atoms with Gasteiger partial charge in [-0.1, -0.05) is 36.4 Å². The molecule has 22 heavy (non-hydrogen) atoms. The van der Waals surface area contributed by atoms with Gasteiger partial charge in [-0.15, -0.1) is 0 Å². The van der Waals surface area contributed by atoms with Gasteiger partial charge in [0.25, 0.3) is 0 Å². The number of carbonyl (C=O) groups excluding carboxylic acids is 1. The molecular weight excluding hydrogens is 281 g/mol. The minimum Gasteiger partial charge on any atom is -0.392 e. The second-order valence-corrected chi connectivity index (χ2v) is 5.71. The minimum atomic E-state index is -0.430. The zero-order valence-corrected chi connectivity index (χ0v) is 12.2. The summed E-state index contributed by atoms with van der Waals surface area (Å²) in [6, 6.07) is 14.3. The van der Waals surface area contributed by atoms with Crippen molar-refractivity contribution in [3.63, 3.8) is 0 Å². The molecule has 1 aliphatic carbocycles. The van der Waals surface area contributed by atoms with E-state index < -0.39 is 11.2 Å². The Morgan fingerprint density at radius 3 is 2.55 bits per heavy atom. The number of amides is 1. The molecule has 3 nitrogen and oxygen atoms in total. The molecule has 2 aromatic carbocycles. The van der Waals surface area contributed by atoms with Gasteiger partial charge in [0.1, 0.15) is 5.82 Å². The molecule has 0 atom stereocenters. The van der Waals surface area contributed by atoms with E-state index >= 15 is 0 Å². The van der Waals surface area contributed by atoms with E-state index in [0.29, 0.717) is 6.54 Å².